The molecule has 3 aromatic rings. The Bertz CT molecular complexity index is 992. The highest BCUT2D eigenvalue weighted by atomic mass is 32.2. The van der Waals surface area contributed by atoms with Gasteiger partial charge in [-0.15, -0.1) is 0 Å². The molecule has 0 spiro atoms. The highest BCUT2D eigenvalue weighted by molar-refractivity contribution is 7.98. The molecule has 0 saturated carbocycles. The minimum Gasteiger partial charge on any atom is -0.439 e. The molecule has 0 amide bonds. The van der Waals surface area contributed by atoms with Crippen LogP contribution in [0.3, 0.4) is 0 Å². The molecule has 0 atom stereocenters. The lowest BCUT2D eigenvalue weighted by atomic mass is 10.0. The minimum atomic E-state index is -4.65. The topological polar surface area (TPSA) is 35.0 Å². The van der Waals surface area contributed by atoms with Gasteiger partial charge in [0.15, 0.2) is 10.9 Å². The number of alkyl halides is 3. The van der Waals surface area contributed by atoms with E-state index in [2.05, 4.69) is 9.97 Å². The average molecular weight is 422 g/mol. The molecule has 0 saturated heterocycles. The zero-order valence-electron chi connectivity index (χ0n) is 15.7. The van der Waals surface area contributed by atoms with E-state index in [-0.39, 0.29) is 22.7 Å². The molecule has 0 unspecified atom stereocenters. The summed E-state index contributed by atoms with van der Waals surface area (Å²) < 4.78 is 58.9. The minimum absolute atomic E-state index is 0.0962. The number of aromatic nitrogens is 2. The number of halogens is 4. The largest absolute Gasteiger partial charge is 0.439 e. The SMILES string of the molecule is CC(C)c1ccccc1Oc1cc(C(F)(F)F)nc(SCc2cccc(F)c2)n1. The molecule has 0 N–H and O–H groups in total. The van der Waals surface area contributed by atoms with Crippen molar-refractivity contribution in [3.8, 4) is 11.6 Å². The maximum absolute atomic E-state index is 13.3. The highest BCUT2D eigenvalue weighted by Crippen LogP contribution is 2.35. The van der Waals surface area contributed by atoms with E-state index < -0.39 is 17.7 Å². The number of benzene rings is 2. The van der Waals surface area contributed by atoms with Gasteiger partial charge in [-0.05, 0) is 35.2 Å². The maximum atomic E-state index is 13.3. The van der Waals surface area contributed by atoms with E-state index >= 15 is 0 Å². The van der Waals surface area contributed by atoms with E-state index in [1.165, 1.54) is 18.2 Å². The summed E-state index contributed by atoms with van der Waals surface area (Å²) in [5.41, 5.74) is 0.378. The third kappa shape index (κ3) is 5.69. The van der Waals surface area contributed by atoms with Crippen molar-refractivity contribution in [1.82, 2.24) is 9.97 Å². The summed E-state index contributed by atoms with van der Waals surface area (Å²) in [4.78, 5) is 7.71. The zero-order valence-corrected chi connectivity index (χ0v) is 16.5. The molecule has 152 valence electrons. The third-order valence-corrected chi connectivity index (χ3v) is 4.90. The smallest absolute Gasteiger partial charge is 0.433 e. The number of para-hydroxylation sites is 1. The average Bonchev–Trinajstić information content (AvgIpc) is 2.66. The molecule has 0 aliphatic carbocycles. The molecule has 0 fully saturated rings. The van der Waals surface area contributed by atoms with Crippen LogP contribution in [0.15, 0.2) is 59.8 Å². The summed E-state index contributed by atoms with van der Waals surface area (Å²) >= 11 is 0.979. The van der Waals surface area contributed by atoms with Gasteiger partial charge in [0.05, 0.1) is 0 Å². The predicted molar refractivity (Wildman–Crippen MR) is 104 cm³/mol. The van der Waals surface area contributed by atoms with Crippen LogP contribution in [0.5, 0.6) is 11.6 Å². The molecule has 3 rings (SSSR count). The van der Waals surface area contributed by atoms with Crippen LogP contribution in [0.2, 0.25) is 0 Å². The zero-order chi connectivity index (χ0) is 21.0. The van der Waals surface area contributed by atoms with Crippen LogP contribution in [-0.4, -0.2) is 9.97 Å². The summed E-state index contributed by atoms with van der Waals surface area (Å²) in [5.74, 6) is 0.179. The van der Waals surface area contributed by atoms with Gasteiger partial charge in [-0.2, -0.15) is 18.2 Å². The summed E-state index contributed by atoms with van der Waals surface area (Å²) in [6, 6.07) is 13.7. The molecular formula is C21H18F4N2OS. The van der Waals surface area contributed by atoms with Gasteiger partial charge in [0.25, 0.3) is 0 Å². The van der Waals surface area contributed by atoms with E-state index in [9.17, 15) is 17.6 Å². The van der Waals surface area contributed by atoms with Crippen molar-refractivity contribution in [3.05, 3.63) is 77.2 Å². The summed E-state index contributed by atoms with van der Waals surface area (Å²) in [7, 11) is 0. The first kappa shape index (κ1) is 21.1. The number of ether oxygens (including phenoxy) is 1. The first-order valence-electron chi connectivity index (χ1n) is 8.82. The van der Waals surface area contributed by atoms with Crippen LogP contribution in [0, 0.1) is 5.82 Å². The van der Waals surface area contributed by atoms with E-state index in [0.29, 0.717) is 11.3 Å². The molecule has 3 nitrogen and oxygen atoms in total. The van der Waals surface area contributed by atoms with Crippen LogP contribution >= 0.6 is 11.8 Å². The number of nitrogens with zero attached hydrogens (tertiary/aromatic N) is 2. The van der Waals surface area contributed by atoms with Gasteiger partial charge >= 0.3 is 6.18 Å². The van der Waals surface area contributed by atoms with Crippen LogP contribution in [0.1, 0.15) is 36.6 Å². The second kappa shape index (κ2) is 8.82. The molecule has 8 heteroatoms. The van der Waals surface area contributed by atoms with Gasteiger partial charge in [0.1, 0.15) is 11.6 Å². The van der Waals surface area contributed by atoms with Crippen molar-refractivity contribution in [3.63, 3.8) is 0 Å². The first-order valence-corrected chi connectivity index (χ1v) is 9.81. The van der Waals surface area contributed by atoms with E-state index in [0.717, 1.165) is 23.4 Å². The Hall–Kier alpha value is -2.61. The molecule has 0 bridgehead atoms. The highest BCUT2D eigenvalue weighted by Gasteiger charge is 2.34. The number of thioether (sulfide) groups is 1. The van der Waals surface area contributed by atoms with Crippen molar-refractivity contribution in [2.75, 3.05) is 0 Å². The van der Waals surface area contributed by atoms with Crippen molar-refractivity contribution in [1.29, 1.82) is 0 Å². The van der Waals surface area contributed by atoms with Gasteiger partial charge in [0.2, 0.25) is 5.88 Å². The fraction of sp³-hybridized carbons (Fsp3) is 0.238. The Morgan fingerprint density at radius 2 is 1.76 bits per heavy atom. The molecule has 1 aromatic heterocycles. The Kier molecular flexibility index (Phi) is 6.42. The predicted octanol–water partition coefficient (Wildman–Crippen LogP) is 6.84. The van der Waals surface area contributed by atoms with E-state index in [1.807, 2.05) is 26.0 Å². The lowest BCUT2D eigenvalue weighted by Crippen LogP contribution is -2.10. The maximum Gasteiger partial charge on any atom is 0.433 e. The Morgan fingerprint density at radius 1 is 1.00 bits per heavy atom. The summed E-state index contributed by atoms with van der Waals surface area (Å²) in [6.45, 7) is 3.92. The molecular weight excluding hydrogens is 404 g/mol. The fourth-order valence-corrected chi connectivity index (χ4v) is 3.40. The quantitative estimate of drug-likeness (QED) is 0.247. The van der Waals surface area contributed by atoms with Gasteiger partial charge < -0.3 is 4.74 Å². The molecule has 1 heterocycles. The van der Waals surface area contributed by atoms with Crippen molar-refractivity contribution >= 4 is 11.8 Å². The van der Waals surface area contributed by atoms with Crippen LogP contribution < -0.4 is 4.74 Å². The normalized spacial score (nSPS) is 11.7. The van der Waals surface area contributed by atoms with Crippen LogP contribution in [0.4, 0.5) is 17.6 Å². The molecule has 2 aromatic carbocycles. The van der Waals surface area contributed by atoms with Gasteiger partial charge in [-0.25, -0.2) is 9.37 Å². The van der Waals surface area contributed by atoms with Crippen LogP contribution in [-0.2, 0) is 11.9 Å². The van der Waals surface area contributed by atoms with E-state index in [4.69, 9.17) is 4.74 Å². The number of hydrogen-bond donors (Lipinski definition) is 0. The van der Waals surface area contributed by atoms with Gasteiger partial charge in [-0.3, -0.25) is 0 Å². The lowest BCUT2D eigenvalue weighted by Gasteiger charge is -2.14. The van der Waals surface area contributed by atoms with E-state index in [1.54, 1.807) is 18.2 Å². The summed E-state index contributed by atoms with van der Waals surface area (Å²) in [5, 5.41) is -0.0962. The monoisotopic (exact) mass is 422 g/mol. The molecule has 29 heavy (non-hydrogen) atoms. The number of hydrogen-bond acceptors (Lipinski definition) is 4. The van der Waals surface area contributed by atoms with Crippen molar-refractivity contribution < 1.29 is 22.3 Å². The van der Waals surface area contributed by atoms with Crippen molar-refractivity contribution in [2.24, 2.45) is 0 Å². The van der Waals surface area contributed by atoms with Gasteiger partial charge in [0, 0.05) is 11.8 Å². The second-order valence-corrected chi connectivity index (χ2v) is 7.53. The molecule has 0 aliphatic rings. The first-order chi connectivity index (χ1) is 13.7. The van der Waals surface area contributed by atoms with Gasteiger partial charge in [-0.1, -0.05) is 55.9 Å². The lowest BCUT2D eigenvalue weighted by molar-refractivity contribution is -0.141. The Balaban J connectivity index is 1.90. The summed E-state index contributed by atoms with van der Waals surface area (Å²) in [6.07, 6.45) is -4.65. The fourth-order valence-electron chi connectivity index (χ4n) is 2.60. The van der Waals surface area contributed by atoms with Crippen LogP contribution in [0.25, 0.3) is 0 Å². The Morgan fingerprint density at radius 3 is 2.45 bits per heavy atom. The molecule has 0 aliphatic heterocycles. The second-order valence-electron chi connectivity index (χ2n) is 6.58. The Labute approximate surface area is 170 Å². The standard InChI is InChI=1S/C21H18F4N2OS/c1-13(2)16-8-3-4-9-17(16)28-19-11-18(21(23,24)25)26-20(27-19)29-12-14-6-5-7-15(22)10-14/h3-11,13H,12H2,1-2H3. The molecule has 0 radical (unpaired) electrons. The number of rotatable bonds is 6. The third-order valence-electron chi connectivity index (χ3n) is 3.99. The van der Waals surface area contributed by atoms with Crippen molar-refractivity contribution in [2.45, 2.75) is 36.9 Å².